The van der Waals surface area contributed by atoms with Gasteiger partial charge in [0.15, 0.2) is 6.29 Å². The molecule has 2 aromatic heterocycles. The first kappa shape index (κ1) is 35.3. The highest BCUT2D eigenvalue weighted by atomic mass is 36.0. The van der Waals surface area contributed by atoms with Crippen LogP contribution in [0.15, 0.2) is 91.5 Å². The summed E-state index contributed by atoms with van der Waals surface area (Å²) >= 11 is 13.8. The summed E-state index contributed by atoms with van der Waals surface area (Å²) in [6.07, 6.45) is 8.47. The number of carbonyl (C=O) groups excluding carboxylic acids is 2. The van der Waals surface area contributed by atoms with Crippen molar-refractivity contribution < 1.29 is 14.2 Å². The largest absolute Gasteiger partial charge is 0.351 e. The van der Waals surface area contributed by atoms with Crippen LogP contribution in [0.2, 0.25) is 0 Å². The molecule has 0 N–H and O–H groups in total. The van der Waals surface area contributed by atoms with Gasteiger partial charge in [0, 0.05) is 32.7 Å². The van der Waals surface area contributed by atoms with Gasteiger partial charge in [-0.25, -0.2) is 9.36 Å². The molecule has 0 aliphatic heterocycles. The van der Waals surface area contributed by atoms with Gasteiger partial charge >= 0.3 is 5.20 Å². The van der Waals surface area contributed by atoms with Crippen LogP contribution in [0.3, 0.4) is 0 Å². The number of hydrogen-bond acceptors (Lipinski definition) is 5. The summed E-state index contributed by atoms with van der Waals surface area (Å²) < 4.78 is 13.0. The topological polar surface area (TPSA) is 90.1 Å². The molecule has 36 heavy (non-hydrogen) atoms. The van der Waals surface area contributed by atoms with Crippen molar-refractivity contribution in [3.8, 4) is 11.4 Å². The zero-order valence-corrected chi connectivity index (χ0v) is 21.5. The van der Waals surface area contributed by atoms with Crippen LogP contribution in [0.25, 0.3) is 11.4 Å². The van der Waals surface area contributed by atoms with Gasteiger partial charge in [-0.05, 0) is 64.1 Å². The van der Waals surface area contributed by atoms with E-state index in [1.807, 2.05) is 77.6 Å². The average molecular weight is 575 g/mol. The van der Waals surface area contributed by atoms with Gasteiger partial charge in [0.1, 0.15) is 0 Å². The van der Waals surface area contributed by atoms with Crippen molar-refractivity contribution in [2.24, 2.45) is 0 Å². The monoisotopic (exact) mass is 573 g/mol. The Morgan fingerprint density at radius 3 is 1.58 bits per heavy atom. The van der Waals surface area contributed by atoms with E-state index in [-0.39, 0.29) is 14.9 Å². The van der Waals surface area contributed by atoms with Gasteiger partial charge in [0.25, 0.3) is 0 Å². The number of rotatable bonds is 4. The number of para-hydroxylation sites is 2. The maximum absolute atomic E-state index is 10.4. The number of carbonyl (C=O) groups is 2. The van der Waals surface area contributed by atoms with Gasteiger partial charge in [-0.3, -0.25) is 14.2 Å². The Morgan fingerprint density at radius 1 is 0.806 bits per heavy atom. The predicted molar refractivity (Wildman–Crippen MR) is 151 cm³/mol. The van der Waals surface area contributed by atoms with E-state index < -0.39 is 5.20 Å². The highest BCUT2D eigenvalue weighted by molar-refractivity contribution is 8.24. The lowest BCUT2D eigenvalue weighted by Crippen LogP contribution is -2.06. The molecule has 0 atom stereocenters. The number of halogens is 3. The lowest BCUT2D eigenvalue weighted by atomic mass is 10.3. The second-order valence-corrected chi connectivity index (χ2v) is 13.1. The number of aldehydes is 1. The minimum absolute atomic E-state index is 0. The lowest BCUT2D eigenvalue weighted by Gasteiger charge is -1.97. The molecule has 2 heterocycles. The molecule has 12 heteroatoms. The molecule has 0 bridgehead atoms. The van der Waals surface area contributed by atoms with Crippen molar-refractivity contribution in [1.82, 2.24) is 24.5 Å². The van der Waals surface area contributed by atoms with Crippen LogP contribution in [0.1, 0.15) is 25.2 Å². The first-order valence-electron chi connectivity index (χ1n) is 9.55. The van der Waals surface area contributed by atoms with Crippen LogP contribution in [-0.4, -0.2) is 51.3 Å². The van der Waals surface area contributed by atoms with Crippen LogP contribution in [-0.2, 0) is 9.36 Å². The Labute approximate surface area is 227 Å². The molecule has 0 aliphatic rings. The second-order valence-electron chi connectivity index (χ2n) is 6.43. The van der Waals surface area contributed by atoms with Crippen molar-refractivity contribution in [3.05, 3.63) is 97.1 Å². The zero-order valence-electron chi connectivity index (χ0n) is 18.4. The Hall–Kier alpha value is -2.90. The standard InChI is InChI=1S/C10H8N2O.C9H8N2.C3H7NO.2CH4.Cl3OP/c13-8-9-6-11-12(7-9)10-4-2-1-3-5-10;1-2-5-9(6-3-1)11-8-4-7-10-11;1-4(2)3-5;;;1-5(2,3)4/h1-8H;1-8H;3H,1-2H3;2*1H4;. The molecule has 0 saturated carbocycles. The maximum Gasteiger partial charge on any atom is 0.339 e. The van der Waals surface area contributed by atoms with Crippen molar-refractivity contribution in [3.63, 3.8) is 0 Å². The van der Waals surface area contributed by atoms with Gasteiger partial charge in [0.05, 0.1) is 23.1 Å². The highest BCUT2D eigenvalue weighted by Crippen LogP contribution is 2.61. The molecule has 0 spiro atoms. The second kappa shape index (κ2) is 19.3. The molecule has 0 unspecified atom stereocenters. The third kappa shape index (κ3) is 16.7. The maximum atomic E-state index is 10.4. The van der Waals surface area contributed by atoms with Crippen LogP contribution >= 0.6 is 38.9 Å². The van der Waals surface area contributed by atoms with Crippen LogP contribution in [0, 0.1) is 0 Å². The third-order valence-corrected chi connectivity index (χ3v) is 3.50. The summed E-state index contributed by atoms with van der Waals surface area (Å²) in [5.41, 5.74) is 2.64. The molecule has 8 nitrogen and oxygen atoms in total. The minimum atomic E-state index is -3.22. The highest BCUT2D eigenvalue weighted by Gasteiger charge is 2.03. The van der Waals surface area contributed by atoms with E-state index in [9.17, 15) is 14.2 Å². The molecular formula is C24H31Cl3N5O3P. The molecule has 4 aromatic rings. The predicted octanol–water partition coefficient (Wildman–Crippen LogP) is 7.34. The van der Waals surface area contributed by atoms with Gasteiger partial charge in [-0.2, -0.15) is 10.2 Å². The van der Waals surface area contributed by atoms with Gasteiger partial charge in [-0.1, -0.05) is 51.3 Å². The summed E-state index contributed by atoms with van der Waals surface area (Å²) in [5.74, 6) is 0. The minimum Gasteiger partial charge on any atom is -0.351 e. The van der Waals surface area contributed by atoms with E-state index in [2.05, 4.69) is 43.9 Å². The quantitative estimate of drug-likeness (QED) is 0.188. The molecular weight excluding hydrogens is 544 g/mol. The van der Waals surface area contributed by atoms with Crippen LogP contribution in [0.5, 0.6) is 0 Å². The summed E-state index contributed by atoms with van der Waals surface area (Å²) in [7, 11) is 3.38. The number of amides is 1. The van der Waals surface area contributed by atoms with Crippen LogP contribution < -0.4 is 0 Å². The van der Waals surface area contributed by atoms with Crippen molar-refractivity contribution >= 4 is 51.6 Å². The number of benzene rings is 2. The van der Waals surface area contributed by atoms with E-state index in [4.69, 9.17) is 0 Å². The molecule has 2 aromatic carbocycles. The van der Waals surface area contributed by atoms with E-state index in [0.29, 0.717) is 5.56 Å². The molecule has 196 valence electrons. The first-order valence-corrected chi connectivity index (χ1v) is 14.0. The molecule has 1 amide bonds. The Kier molecular flexibility index (Phi) is 18.9. The van der Waals surface area contributed by atoms with Crippen LogP contribution in [0.4, 0.5) is 0 Å². The Balaban J connectivity index is 0. The Bertz CT molecular complexity index is 1130. The molecule has 4 rings (SSSR count). The summed E-state index contributed by atoms with van der Waals surface area (Å²) in [4.78, 5) is 21.3. The van der Waals surface area contributed by atoms with E-state index in [0.717, 1.165) is 24.1 Å². The van der Waals surface area contributed by atoms with Crippen molar-refractivity contribution in [1.29, 1.82) is 0 Å². The smallest absolute Gasteiger partial charge is 0.339 e. The fourth-order valence-electron chi connectivity index (χ4n) is 2.12. The third-order valence-electron chi connectivity index (χ3n) is 3.50. The van der Waals surface area contributed by atoms with E-state index in [1.54, 1.807) is 37.4 Å². The number of hydrogen-bond donors (Lipinski definition) is 0. The Morgan fingerprint density at radius 2 is 1.25 bits per heavy atom. The summed E-state index contributed by atoms with van der Waals surface area (Å²) in [6, 6.07) is 21.6. The zero-order chi connectivity index (χ0) is 25.4. The fraction of sp³-hybridized carbons (Fsp3) is 0.167. The fourth-order valence-corrected chi connectivity index (χ4v) is 2.12. The van der Waals surface area contributed by atoms with Gasteiger partial charge < -0.3 is 4.90 Å². The average Bonchev–Trinajstić information content (AvgIpc) is 3.52. The van der Waals surface area contributed by atoms with E-state index in [1.165, 1.54) is 4.90 Å². The number of nitrogens with zero attached hydrogens (tertiary/aromatic N) is 5. The normalized spacial score (nSPS) is 9.14. The molecule has 0 saturated heterocycles. The number of aromatic nitrogens is 4. The van der Waals surface area contributed by atoms with Gasteiger partial charge in [0.2, 0.25) is 6.41 Å². The van der Waals surface area contributed by atoms with Crippen molar-refractivity contribution in [2.75, 3.05) is 14.1 Å². The van der Waals surface area contributed by atoms with Crippen molar-refractivity contribution in [2.45, 2.75) is 14.9 Å². The SMILES string of the molecule is C.C.CN(C)C=O.O=Cc1cnn(-c2ccccc2)c1.O=P(Cl)(Cl)Cl.c1ccc(-n2cccn2)cc1. The van der Waals surface area contributed by atoms with E-state index >= 15 is 0 Å². The molecule has 0 fully saturated rings. The molecule has 0 aliphatic carbocycles. The molecule has 0 radical (unpaired) electrons. The lowest BCUT2D eigenvalue weighted by molar-refractivity contribution is -0.115. The summed E-state index contributed by atoms with van der Waals surface area (Å²) in [6.45, 7) is 0. The van der Waals surface area contributed by atoms with Gasteiger partial charge in [-0.15, -0.1) is 0 Å². The first-order chi connectivity index (χ1) is 16.1. The summed E-state index contributed by atoms with van der Waals surface area (Å²) in [5, 5.41) is 4.92.